The molecule has 0 aliphatic carbocycles. The second kappa shape index (κ2) is 7.84. The molecule has 0 aromatic carbocycles. The van der Waals surface area contributed by atoms with Crippen LogP contribution in [-0.4, -0.2) is 40.3 Å². The topological polar surface area (TPSA) is 41.9 Å². The lowest BCUT2D eigenvalue weighted by molar-refractivity contribution is -0.381. The van der Waals surface area contributed by atoms with Crippen LogP contribution in [0.4, 0.5) is 0 Å². The summed E-state index contributed by atoms with van der Waals surface area (Å²) in [5, 5.41) is 12.7. The molecule has 1 N–H and O–H groups in total. The summed E-state index contributed by atoms with van der Waals surface area (Å²) in [6.45, 7) is 14.7. The number of hydrogen-bond acceptors (Lipinski definition) is 4. The van der Waals surface area contributed by atoms with Crippen LogP contribution in [0.15, 0.2) is 0 Å². The summed E-state index contributed by atoms with van der Waals surface area (Å²) >= 11 is 0. The smallest absolute Gasteiger partial charge is 0.172 e. The van der Waals surface area contributed by atoms with Crippen LogP contribution in [-0.2, 0) is 9.47 Å². The van der Waals surface area contributed by atoms with Gasteiger partial charge in [0.05, 0.1) is 18.8 Å². The molecule has 0 radical (unpaired) electrons. The molecule has 148 valence electrons. The maximum absolute atomic E-state index is 11.0. The Morgan fingerprint density at radius 2 is 1.48 bits per heavy atom. The van der Waals surface area contributed by atoms with Gasteiger partial charge < -0.3 is 14.7 Å². The number of ether oxygens (including phenoxy) is 2. The SMILES string of the molecule is CCCCC1(CC)COC2(CC(C)(CC)N(O)C(CC)(CC)C2)OC1. The summed E-state index contributed by atoms with van der Waals surface area (Å²) in [6, 6.07) is 0. The van der Waals surface area contributed by atoms with E-state index in [2.05, 4.69) is 41.5 Å². The molecule has 2 rings (SSSR count). The minimum Gasteiger partial charge on any atom is -0.349 e. The standard InChI is InChI=1S/C21H41NO3/c1-7-12-13-19(9-3)16-24-21(25-17-19)14-18(6,8-2)22(23)20(10-4,11-5)15-21/h23H,7-17H2,1-6H3. The van der Waals surface area contributed by atoms with Crippen LogP contribution in [0, 0.1) is 5.41 Å². The quantitative estimate of drug-likeness (QED) is 0.652. The summed E-state index contributed by atoms with van der Waals surface area (Å²) < 4.78 is 13.1. The first kappa shape index (κ1) is 21.1. The zero-order valence-electron chi connectivity index (χ0n) is 17.5. The van der Waals surface area contributed by atoms with Gasteiger partial charge in [-0.25, -0.2) is 0 Å². The van der Waals surface area contributed by atoms with Crippen molar-refractivity contribution < 1.29 is 14.7 Å². The Bertz CT molecular complexity index is 427. The van der Waals surface area contributed by atoms with Gasteiger partial charge >= 0.3 is 0 Å². The van der Waals surface area contributed by atoms with Gasteiger partial charge in [0, 0.05) is 23.8 Å². The number of piperidine rings is 1. The molecule has 0 saturated carbocycles. The molecule has 4 nitrogen and oxygen atoms in total. The number of nitrogens with zero attached hydrogens (tertiary/aromatic N) is 1. The van der Waals surface area contributed by atoms with E-state index in [9.17, 15) is 5.21 Å². The van der Waals surface area contributed by atoms with Crippen LogP contribution < -0.4 is 0 Å². The fraction of sp³-hybridized carbons (Fsp3) is 1.00. The van der Waals surface area contributed by atoms with Crippen LogP contribution in [0.5, 0.6) is 0 Å². The van der Waals surface area contributed by atoms with Gasteiger partial charge in [0.2, 0.25) is 0 Å². The fourth-order valence-corrected chi connectivity index (χ4v) is 4.87. The van der Waals surface area contributed by atoms with Crippen LogP contribution in [0.25, 0.3) is 0 Å². The Hall–Kier alpha value is -0.160. The van der Waals surface area contributed by atoms with Crippen molar-refractivity contribution in [3.63, 3.8) is 0 Å². The number of hydroxylamine groups is 2. The molecule has 1 atom stereocenters. The van der Waals surface area contributed by atoms with Crippen LogP contribution in [0.2, 0.25) is 0 Å². The van der Waals surface area contributed by atoms with Crippen molar-refractivity contribution in [1.29, 1.82) is 0 Å². The first-order valence-corrected chi connectivity index (χ1v) is 10.6. The Balaban J connectivity index is 2.24. The third-order valence-electron chi connectivity index (χ3n) is 7.38. The van der Waals surface area contributed by atoms with Crippen LogP contribution in [0.3, 0.4) is 0 Å². The largest absolute Gasteiger partial charge is 0.349 e. The van der Waals surface area contributed by atoms with Crippen molar-refractivity contribution in [3.8, 4) is 0 Å². The second-order valence-electron chi connectivity index (χ2n) is 8.89. The lowest BCUT2D eigenvalue weighted by Gasteiger charge is -2.60. The molecule has 0 aromatic heterocycles. The highest BCUT2D eigenvalue weighted by molar-refractivity contribution is 5.06. The van der Waals surface area contributed by atoms with Crippen LogP contribution >= 0.6 is 0 Å². The summed E-state index contributed by atoms with van der Waals surface area (Å²) in [7, 11) is 0. The summed E-state index contributed by atoms with van der Waals surface area (Å²) in [5.74, 6) is -0.541. The van der Waals surface area contributed by atoms with Gasteiger partial charge in [-0.15, -0.1) is 0 Å². The minimum atomic E-state index is -0.541. The van der Waals surface area contributed by atoms with Crippen molar-refractivity contribution >= 4 is 0 Å². The number of unbranched alkanes of at least 4 members (excludes halogenated alkanes) is 1. The van der Waals surface area contributed by atoms with E-state index in [0.717, 1.165) is 51.7 Å². The minimum absolute atomic E-state index is 0.168. The van der Waals surface area contributed by atoms with E-state index in [4.69, 9.17) is 9.47 Å². The summed E-state index contributed by atoms with van der Waals surface area (Å²) in [6.07, 6.45) is 8.92. The predicted molar refractivity (Wildman–Crippen MR) is 102 cm³/mol. The second-order valence-corrected chi connectivity index (χ2v) is 8.89. The molecule has 2 fully saturated rings. The molecule has 2 heterocycles. The molecule has 0 bridgehead atoms. The molecular weight excluding hydrogens is 314 g/mol. The average Bonchev–Trinajstić information content (AvgIpc) is 2.65. The zero-order chi connectivity index (χ0) is 18.8. The highest BCUT2D eigenvalue weighted by Gasteiger charge is 2.59. The van der Waals surface area contributed by atoms with Gasteiger partial charge in [0.1, 0.15) is 0 Å². The van der Waals surface area contributed by atoms with E-state index >= 15 is 0 Å². The molecule has 0 amide bonds. The van der Waals surface area contributed by atoms with Crippen molar-refractivity contribution in [1.82, 2.24) is 5.06 Å². The lowest BCUT2D eigenvalue weighted by atomic mass is 9.71. The highest BCUT2D eigenvalue weighted by Crippen LogP contribution is 2.52. The molecule has 1 spiro atoms. The molecule has 4 heteroatoms. The summed E-state index contributed by atoms with van der Waals surface area (Å²) in [5.41, 5.74) is -0.403. The van der Waals surface area contributed by atoms with E-state index in [1.165, 1.54) is 19.3 Å². The van der Waals surface area contributed by atoms with E-state index in [1.807, 2.05) is 0 Å². The summed E-state index contributed by atoms with van der Waals surface area (Å²) in [4.78, 5) is 0. The van der Waals surface area contributed by atoms with E-state index in [1.54, 1.807) is 5.06 Å². The monoisotopic (exact) mass is 355 g/mol. The Morgan fingerprint density at radius 1 is 0.880 bits per heavy atom. The van der Waals surface area contributed by atoms with Gasteiger partial charge in [0.25, 0.3) is 0 Å². The third kappa shape index (κ3) is 3.78. The molecule has 2 saturated heterocycles. The Labute approximate surface area is 155 Å². The fourth-order valence-electron chi connectivity index (χ4n) is 4.87. The predicted octanol–water partition coefficient (Wildman–Crippen LogP) is 5.53. The normalized spacial score (nSPS) is 39.0. The molecule has 1 unspecified atom stereocenters. The van der Waals surface area contributed by atoms with Gasteiger partial charge in [-0.1, -0.05) is 47.5 Å². The van der Waals surface area contributed by atoms with Gasteiger partial charge in [-0.2, -0.15) is 5.06 Å². The molecular formula is C21H41NO3. The van der Waals surface area contributed by atoms with Crippen molar-refractivity contribution in [2.45, 2.75) is 116 Å². The Kier molecular flexibility index (Phi) is 6.63. The first-order chi connectivity index (χ1) is 11.8. The Morgan fingerprint density at radius 3 is 1.92 bits per heavy atom. The lowest BCUT2D eigenvalue weighted by Crippen LogP contribution is -2.69. The third-order valence-corrected chi connectivity index (χ3v) is 7.38. The van der Waals surface area contributed by atoms with E-state index < -0.39 is 5.79 Å². The maximum Gasteiger partial charge on any atom is 0.172 e. The average molecular weight is 356 g/mol. The molecule has 2 aliphatic heterocycles. The van der Waals surface area contributed by atoms with Crippen molar-refractivity contribution in [3.05, 3.63) is 0 Å². The van der Waals surface area contributed by atoms with Gasteiger partial charge in [0.15, 0.2) is 5.79 Å². The van der Waals surface area contributed by atoms with Crippen molar-refractivity contribution in [2.75, 3.05) is 13.2 Å². The number of rotatable bonds is 7. The van der Waals surface area contributed by atoms with Crippen LogP contribution in [0.1, 0.15) is 99.3 Å². The molecule has 0 aromatic rings. The first-order valence-electron chi connectivity index (χ1n) is 10.6. The zero-order valence-corrected chi connectivity index (χ0v) is 17.5. The van der Waals surface area contributed by atoms with Gasteiger partial charge in [-0.3, -0.25) is 0 Å². The molecule has 25 heavy (non-hydrogen) atoms. The maximum atomic E-state index is 11.0. The molecule has 2 aliphatic rings. The van der Waals surface area contributed by atoms with E-state index in [-0.39, 0.29) is 16.5 Å². The van der Waals surface area contributed by atoms with E-state index in [0.29, 0.717) is 0 Å². The van der Waals surface area contributed by atoms with Crippen molar-refractivity contribution in [2.24, 2.45) is 5.41 Å². The highest BCUT2D eigenvalue weighted by atomic mass is 16.7. The van der Waals surface area contributed by atoms with Gasteiger partial charge in [-0.05, 0) is 39.0 Å². The number of hydrogen-bond donors (Lipinski definition) is 1.